The number of rotatable bonds is 4. The minimum Gasteiger partial charge on any atom is -0.493 e. The molecule has 0 aliphatic heterocycles. The standard InChI is InChI=1S/C15H17N3O2/c1-18(2)13-7-10(5-6-16)17-12-9-15(20-4)14(19-3)8-11(12)13/h7-9H,5H2,1-4H3. The van der Waals surface area contributed by atoms with Gasteiger partial charge in [0.2, 0.25) is 0 Å². The summed E-state index contributed by atoms with van der Waals surface area (Å²) in [5.74, 6) is 1.30. The number of fused-ring (bicyclic) bond motifs is 1. The third kappa shape index (κ3) is 2.45. The Morgan fingerprint density at radius 1 is 1.15 bits per heavy atom. The summed E-state index contributed by atoms with van der Waals surface area (Å²) in [5.41, 5.74) is 2.54. The lowest BCUT2D eigenvalue weighted by Gasteiger charge is -2.18. The number of anilines is 1. The van der Waals surface area contributed by atoms with Crippen molar-refractivity contribution in [3.63, 3.8) is 0 Å². The van der Waals surface area contributed by atoms with Crippen LogP contribution in [0.1, 0.15) is 5.69 Å². The van der Waals surface area contributed by atoms with E-state index < -0.39 is 0 Å². The number of pyridine rings is 1. The van der Waals surface area contributed by atoms with Crippen LogP contribution in [0.2, 0.25) is 0 Å². The van der Waals surface area contributed by atoms with Gasteiger partial charge in [0.25, 0.3) is 0 Å². The van der Waals surface area contributed by atoms with E-state index in [9.17, 15) is 0 Å². The molecule has 0 bridgehead atoms. The van der Waals surface area contributed by atoms with Crippen LogP contribution in [0.25, 0.3) is 10.9 Å². The molecule has 2 aromatic rings. The minimum absolute atomic E-state index is 0.283. The lowest BCUT2D eigenvalue weighted by Crippen LogP contribution is -2.10. The monoisotopic (exact) mass is 271 g/mol. The molecule has 0 radical (unpaired) electrons. The normalized spacial score (nSPS) is 10.2. The average Bonchev–Trinajstić information content (AvgIpc) is 2.45. The molecule has 0 unspecified atom stereocenters. The molecule has 0 aliphatic rings. The molecule has 5 heteroatoms. The maximum absolute atomic E-state index is 8.86. The third-order valence-electron chi connectivity index (χ3n) is 3.09. The van der Waals surface area contributed by atoms with Gasteiger partial charge in [-0.2, -0.15) is 5.26 Å². The lowest BCUT2D eigenvalue weighted by atomic mass is 10.1. The fraction of sp³-hybridized carbons (Fsp3) is 0.333. The zero-order valence-electron chi connectivity index (χ0n) is 12.1. The molecular formula is C15H17N3O2. The van der Waals surface area contributed by atoms with Crippen molar-refractivity contribution in [2.24, 2.45) is 0 Å². The van der Waals surface area contributed by atoms with Gasteiger partial charge in [-0.05, 0) is 12.1 Å². The van der Waals surface area contributed by atoms with Gasteiger partial charge in [-0.1, -0.05) is 0 Å². The van der Waals surface area contributed by atoms with Crippen LogP contribution < -0.4 is 14.4 Å². The van der Waals surface area contributed by atoms with E-state index in [-0.39, 0.29) is 6.42 Å². The number of methoxy groups -OCH3 is 2. The molecule has 0 aliphatic carbocycles. The Morgan fingerprint density at radius 2 is 1.80 bits per heavy atom. The summed E-state index contributed by atoms with van der Waals surface area (Å²) >= 11 is 0. The van der Waals surface area contributed by atoms with E-state index in [1.165, 1.54) is 0 Å². The second-order valence-corrected chi connectivity index (χ2v) is 4.59. The Bertz CT molecular complexity index is 675. The Kier molecular flexibility index (Phi) is 3.94. The fourth-order valence-corrected chi connectivity index (χ4v) is 2.13. The second-order valence-electron chi connectivity index (χ2n) is 4.59. The van der Waals surface area contributed by atoms with Gasteiger partial charge in [0.15, 0.2) is 11.5 Å². The van der Waals surface area contributed by atoms with Crippen molar-refractivity contribution in [2.45, 2.75) is 6.42 Å². The number of hydrogen-bond donors (Lipinski definition) is 0. The van der Waals surface area contributed by atoms with Gasteiger partial charge in [0.05, 0.1) is 37.9 Å². The first-order chi connectivity index (χ1) is 9.60. The number of hydrogen-bond acceptors (Lipinski definition) is 5. The Labute approximate surface area is 118 Å². The molecule has 5 nitrogen and oxygen atoms in total. The molecule has 1 heterocycles. The lowest BCUT2D eigenvalue weighted by molar-refractivity contribution is 0.356. The SMILES string of the molecule is COc1cc2nc(CC#N)cc(N(C)C)c2cc1OC. The number of benzene rings is 1. The zero-order chi connectivity index (χ0) is 14.7. The number of ether oxygens (including phenoxy) is 2. The van der Waals surface area contributed by atoms with Gasteiger partial charge in [-0.15, -0.1) is 0 Å². The van der Waals surface area contributed by atoms with Crippen LogP contribution in [0, 0.1) is 11.3 Å². The third-order valence-corrected chi connectivity index (χ3v) is 3.09. The molecular weight excluding hydrogens is 254 g/mol. The van der Waals surface area contributed by atoms with Crippen molar-refractivity contribution in [1.29, 1.82) is 5.26 Å². The Balaban J connectivity index is 2.76. The molecule has 1 aromatic carbocycles. The topological polar surface area (TPSA) is 58.4 Å². The summed E-state index contributed by atoms with van der Waals surface area (Å²) in [6.07, 6.45) is 0.283. The summed E-state index contributed by atoms with van der Waals surface area (Å²) in [5, 5.41) is 9.82. The first-order valence-corrected chi connectivity index (χ1v) is 6.20. The van der Waals surface area contributed by atoms with E-state index >= 15 is 0 Å². The van der Waals surface area contributed by atoms with E-state index in [2.05, 4.69) is 11.1 Å². The van der Waals surface area contributed by atoms with Gasteiger partial charge in [-0.3, -0.25) is 4.98 Å². The quantitative estimate of drug-likeness (QED) is 0.854. The fourth-order valence-electron chi connectivity index (χ4n) is 2.13. The number of aromatic nitrogens is 1. The van der Waals surface area contributed by atoms with Crippen molar-refractivity contribution in [3.05, 3.63) is 23.9 Å². The summed E-state index contributed by atoms with van der Waals surface area (Å²) in [6, 6.07) is 7.80. The zero-order valence-corrected chi connectivity index (χ0v) is 12.1. The van der Waals surface area contributed by atoms with Crippen LogP contribution in [0.3, 0.4) is 0 Å². The molecule has 20 heavy (non-hydrogen) atoms. The van der Waals surface area contributed by atoms with E-state index in [4.69, 9.17) is 14.7 Å². The van der Waals surface area contributed by atoms with Crippen LogP contribution in [-0.2, 0) is 6.42 Å². The van der Waals surface area contributed by atoms with E-state index in [0.29, 0.717) is 11.5 Å². The second kappa shape index (κ2) is 5.66. The first-order valence-electron chi connectivity index (χ1n) is 6.20. The molecule has 0 amide bonds. The van der Waals surface area contributed by atoms with Gasteiger partial charge >= 0.3 is 0 Å². The molecule has 0 N–H and O–H groups in total. The summed E-state index contributed by atoms with van der Waals surface area (Å²) < 4.78 is 10.6. The largest absolute Gasteiger partial charge is 0.493 e. The van der Waals surface area contributed by atoms with Crippen molar-refractivity contribution in [2.75, 3.05) is 33.2 Å². The molecule has 104 valence electrons. The van der Waals surface area contributed by atoms with Crippen molar-refractivity contribution >= 4 is 16.6 Å². The molecule has 1 aromatic heterocycles. The van der Waals surface area contributed by atoms with Crippen molar-refractivity contribution < 1.29 is 9.47 Å². The van der Waals surface area contributed by atoms with Gasteiger partial charge in [0, 0.05) is 31.2 Å². The summed E-state index contributed by atoms with van der Waals surface area (Å²) in [6.45, 7) is 0. The van der Waals surface area contributed by atoms with Crippen LogP contribution >= 0.6 is 0 Å². The van der Waals surface area contributed by atoms with Gasteiger partial charge in [-0.25, -0.2) is 0 Å². The van der Waals surface area contributed by atoms with Crippen LogP contribution in [0.15, 0.2) is 18.2 Å². The molecule has 0 spiro atoms. The maximum Gasteiger partial charge on any atom is 0.162 e. The van der Waals surface area contributed by atoms with E-state index in [0.717, 1.165) is 22.3 Å². The predicted molar refractivity (Wildman–Crippen MR) is 78.5 cm³/mol. The summed E-state index contributed by atoms with van der Waals surface area (Å²) in [7, 11) is 7.12. The number of nitrogens with zero attached hydrogens (tertiary/aromatic N) is 3. The highest BCUT2D eigenvalue weighted by atomic mass is 16.5. The highest BCUT2D eigenvalue weighted by molar-refractivity contribution is 5.94. The average molecular weight is 271 g/mol. The maximum atomic E-state index is 8.86. The molecule has 0 saturated carbocycles. The Morgan fingerprint density at radius 3 is 2.35 bits per heavy atom. The highest BCUT2D eigenvalue weighted by Crippen LogP contribution is 2.35. The van der Waals surface area contributed by atoms with Crippen LogP contribution in [0.5, 0.6) is 11.5 Å². The molecule has 0 saturated heterocycles. The minimum atomic E-state index is 0.283. The summed E-state index contributed by atoms with van der Waals surface area (Å²) in [4.78, 5) is 6.50. The van der Waals surface area contributed by atoms with E-state index in [1.54, 1.807) is 14.2 Å². The van der Waals surface area contributed by atoms with Crippen LogP contribution in [0.4, 0.5) is 5.69 Å². The molecule has 0 atom stereocenters. The predicted octanol–water partition coefficient (Wildman–Crippen LogP) is 2.38. The van der Waals surface area contributed by atoms with Gasteiger partial charge in [0.1, 0.15) is 0 Å². The highest BCUT2D eigenvalue weighted by Gasteiger charge is 2.12. The molecule has 0 fully saturated rings. The number of nitriles is 1. The van der Waals surface area contributed by atoms with Crippen molar-refractivity contribution in [3.8, 4) is 17.6 Å². The van der Waals surface area contributed by atoms with Gasteiger partial charge < -0.3 is 14.4 Å². The first kappa shape index (κ1) is 13.9. The van der Waals surface area contributed by atoms with Crippen LogP contribution in [-0.4, -0.2) is 33.3 Å². The molecule has 2 rings (SSSR count). The van der Waals surface area contributed by atoms with Crippen molar-refractivity contribution in [1.82, 2.24) is 4.98 Å². The van der Waals surface area contributed by atoms with E-state index in [1.807, 2.05) is 37.2 Å². The Hall–Kier alpha value is -2.48. The smallest absolute Gasteiger partial charge is 0.162 e.